The third-order valence-electron chi connectivity index (χ3n) is 3.15. The Morgan fingerprint density at radius 3 is 2.61 bits per heavy atom. The lowest BCUT2D eigenvalue weighted by molar-refractivity contribution is -0.149. The minimum Gasteiger partial charge on any atom is -0.381 e. The summed E-state index contributed by atoms with van der Waals surface area (Å²) in [7, 11) is 0. The molecule has 0 aliphatic carbocycles. The molecule has 6 heteroatoms. The van der Waals surface area contributed by atoms with Crippen molar-refractivity contribution in [3.63, 3.8) is 0 Å². The number of ether oxygens (including phenoxy) is 1. The molecule has 1 saturated heterocycles. The van der Waals surface area contributed by atoms with Gasteiger partial charge < -0.3 is 10.1 Å². The number of nitrogens with zero attached hydrogens (tertiary/aromatic N) is 1. The van der Waals surface area contributed by atoms with Gasteiger partial charge in [-0.1, -0.05) is 0 Å². The smallest absolute Gasteiger partial charge is 0.381 e. The second-order valence-corrected chi connectivity index (χ2v) is 5.11. The van der Waals surface area contributed by atoms with Crippen LogP contribution in [0, 0.1) is 5.92 Å². The van der Waals surface area contributed by atoms with Crippen LogP contribution in [0.5, 0.6) is 0 Å². The normalized spacial score (nSPS) is 21.2. The first-order valence-corrected chi connectivity index (χ1v) is 6.48. The Morgan fingerprint density at radius 1 is 1.39 bits per heavy atom. The maximum Gasteiger partial charge on any atom is 0.401 e. The molecule has 1 atom stereocenters. The Bertz CT molecular complexity index is 228. The molecule has 1 rings (SSSR count). The number of halogens is 3. The van der Waals surface area contributed by atoms with Crippen molar-refractivity contribution in [3.05, 3.63) is 0 Å². The van der Waals surface area contributed by atoms with Crippen molar-refractivity contribution < 1.29 is 17.9 Å². The van der Waals surface area contributed by atoms with Crippen molar-refractivity contribution in [2.24, 2.45) is 5.92 Å². The molecule has 1 heterocycles. The van der Waals surface area contributed by atoms with Gasteiger partial charge in [-0.3, -0.25) is 4.90 Å². The zero-order valence-electron chi connectivity index (χ0n) is 11.1. The van der Waals surface area contributed by atoms with Crippen molar-refractivity contribution in [3.8, 4) is 0 Å². The quantitative estimate of drug-likeness (QED) is 0.714. The highest BCUT2D eigenvalue weighted by molar-refractivity contribution is 4.70. The van der Waals surface area contributed by atoms with E-state index < -0.39 is 12.7 Å². The van der Waals surface area contributed by atoms with Crippen LogP contribution in [0.3, 0.4) is 0 Å². The largest absolute Gasteiger partial charge is 0.401 e. The van der Waals surface area contributed by atoms with Gasteiger partial charge in [0.1, 0.15) is 0 Å². The van der Waals surface area contributed by atoms with Gasteiger partial charge in [0.25, 0.3) is 0 Å². The molecule has 0 radical (unpaired) electrons. The standard InChI is InChI=1S/C12H23F3N2O/c1-10(2)17(9-12(13,14)15)5-4-16-7-11-3-6-18-8-11/h10-11,16H,3-9H2,1-2H3. The fourth-order valence-corrected chi connectivity index (χ4v) is 2.02. The van der Waals surface area contributed by atoms with Gasteiger partial charge in [-0.2, -0.15) is 13.2 Å². The summed E-state index contributed by atoms with van der Waals surface area (Å²) in [6.45, 7) is 6.15. The molecule has 0 bridgehead atoms. The predicted octanol–water partition coefficient (Wildman–Crippen LogP) is 1.89. The number of rotatable bonds is 7. The summed E-state index contributed by atoms with van der Waals surface area (Å²) in [6, 6.07) is -0.0942. The fourth-order valence-electron chi connectivity index (χ4n) is 2.02. The minimum atomic E-state index is -4.12. The first kappa shape index (κ1) is 15.7. The average molecular weight is 268 g/mol. The molecule has 0 aromatic rings. The van der Waals surface area contributed by atoms with E-state index >= 15 is 0 Å². The molecule has 1 aliphatic rings. The molecular formula is C12H23F3N2O. The molecule has 0 amide bonds. The third-order valence-corrected chi connectivity index (χ3v) is 3.15. The van der Waals surface area contributed by atoms with Gasteiger partial charge in [-0.05, 0) is 26.2 Å². The number of hydrogen-bond donors (Lipinski definition) is 1. The Morgan fingerprint density at radius 2 is 2.11 bits per heavy atom. The number of nitrogens with one attached hydrogen (secondary N) is 1. The van der Waals surface area contributed by atoms with Crippen LogP contribution in [0.1, 0.15) is 20.3 Å². The summed E-state index contributed by atoms with van der Waals surface area (Å²) < 4.78 is 42.3. The summed E-state index contributed by atoms with van der Waals surface area (Å²) in [5, 5.41) is 3.21. The van der Waals surface area contributed by atoms with Crippen molar-refractivity contribution in [1.29, 1.82) is 0 Å². The second kappa shape index (κ2) is 7.31. The Kier molecular flexibility index (Phi) is 6.38. The zero-order chi connectivity index (χ0) is 13.6. The van der Waals surface area contributed by atoms with E-state index in [0.29, 0.717) is 19.0 Å². The SMILES string of the molecule is CC(C)N(CCNCC1CCOC1)CC(F)(F)F. The van der Waals surface area contributed by atoms with E-state index in [9.17, 15) is 13.2 Å². The molecule has 1 unspecified atom stereocenters. The minimum absolute atomic E-state index is 0.0942. The van der Waals surface area contributed by atoms with Gasteiger partial charge in [0, 0.05) is 32.3 Å². The summed E-state index contributed by atoms with van der Waals surface area (Å²) in [5.74, 6) is 0.514. The van der Waals surface area contributed by atoms with E-state index in [0.717, 1.165) is 26.2 Å². The molecule has 0 aromatic carbocycles. The lowest BCUT2D eigenvalue weighted by Gasteiger charge is -2.27. The lowest BCUT2D eigenvalue weighted by atomic mass is 10.1. The van der Waals surface area contributed by atoms with Crippen LogP contribution in [0.15, 0.2) is 0 Å². The lowest BCUT2D eigenvalue weighted by Crippen LogP contribution is -2.43. The topological polar surface area (TPSA) is 24.5 Å². The first-order chi connectivity index (χ1) is 8.38. The van der Waals surface area contributed by atoms with Gasteiger partial charge in [-0.25, -0.2) is 0 Å². The summed E-state index contributed by atoms with van der Waals surface area (Å²) in [6.07, 6.45) is -3.08. The van der Waals surface area contributed by atoms with Crippen LogP contribution >= 0.6 is 0 Å². The van der Waals surface area contributed by atoms with E-state index in [4.69, 9.17) is 4.74 Å². The van der Waals surface area contributed by atoms with E-state index in [1.807, 2.05) is 0 Å². The molecule has 0 aromatic heterocycles. The Hall–Kier alpha value is -0.330. The maximum atomic E-state index is 12.3. The monoisotopic (exact) mass is 268 g/mol. The Labute approximate surface area is 107 Å². The van der Waals surface area contributed by atoms with E-state index in [1.165, 1.54) is 4.90 Å². The molecule has 108 valence electrons. The van der Waals surface area contributed by atoms with Crippen LogP contribution in [0.4, 0.5) is 13.2 Å². The molecular weight excluding hydrogens is 245 g/mol. The van der Waals surface area contributed by atoms with E-state index in [-0.39, 0.29) is 6.04 Å². The third kappa shape index (κ3) is 6.56. The highest BCUT2D eigenvalue weighted by Gasteiger charge is 2.31. The molecule has 1 aliphatic heterocycles. The highest BCUT2D eigenvalue weighted by atomic mass is 19.4. The van der Waals surface area contributed by atoms with Crippen LogP contribution in [-0.4, -0.2) is 56.5 Å². The van der Waals surface area contributed by atoms with Crippen LogP contribution < -0.4 is 5.32 Å². The van der Waals surface area contributed by atoms with Crippen molar-refractivity contribution in [2.75, 3.05) is 39.4 Å². The van der Waals surface area contributed by atoms with Crippen molar-refractivity contribution in [1.82, 2.24) is 10.2 Å². The summed E-state index contributed by atoms with van der Waals surface area (Å²) >= 11 is 0. The van der Waals surface area contributed by atoms with Crippen molar-refractivity contribution >= 4 is 0 Å². The molecule has 1 fully saturated rings. The zero-order valence-corrected chi connectivity index (χ0v) is 11.1. The average Bonchev–Trinajstić information content (AvgIpc) is 2.73. The van der Waals surface area contributed by atoms with Gasteiger partial charge in [-0.15, -0.1) is 0 Å². The van der Waals surface area contributed by atoms with Crippen LogP contribution in [0.25, 0.3) is 0 Å². The highest BCUT2D eigenvalue weighted by Crippen LogP contribution is 2.17. The first-order valence-electron chi connectivity index (χ1n) is 6.48. The molecule has 3 nitrogen and oxygen atoms in total. The van der Waals surface area contributed by atoms with Crippen molar-refractivity contribution in [2.45, 2.75) is 32.5 Å². The summed E-state index contributed by atoms with van der Waals surface area (Å²) in [4.78, 5) is 1.44. The van der Waals surface area contributed by atoms with Gasteiger partial charge >= 0.3 is 6.18 Å². The molecule has 1 N–H and O–H groups in total. The van der Waals surface area contributed by atoms with Crippen LogP contribution in [-0.2, 0) is 4.74 Å². The van der Waals surface area contributed by atoms with Crippen LogP contribution in [0.2, 0.25) is 0 Å². The van der Waals surface area contributed by atoms with Gasteiger partial charge in [0.15, 0.2) is 0 Å². The number of hydrogen-bond acceptors (Lipinski definition) is 3. The van der Waals surface area contributed by atoms with E-state index in [1.54, 1.807) is 13.8 Å². The molecule has 0 saturated carbocycles. The maximum absolute atomic E-state index is 12.3. The molecule has 18 heavy (non-hydrogen) atoms. The second-order valence-electron chi connectivity index (χ2n) is 5.11. The number of alkyl halides is 3. The van der Waals surface area contributed by atoms with Gasteiger partial charge in [0.05, 0.1) is 13.2 Å². The van der Waals surface area contributed by atoms with Gasteiger partial charge in [0.2, 0.25) is 0 Å². The van der Waals surface area contributed by atoms with E-state index in [2.05, 4.69) is 5.32 Å². The summed E-state index contributed by atoms with van der Waals surface area (Å²) in [5.41, 5.74) is 0. The Balaban J connectivity index is 2.16. The fraction of sp³-hybridized carbons (Fsp3) is 1.00. The molecule has 0 spiro atoms. The predicted molar refractivity (Wildman–Crippen MR) is 64.6 cm³/mol.